The van der Waals surface area contributed by atoms with Crippen molar-refractivity contribution in [2.75, 3.05) is 59.0 Å². The van der Waals surface area contributed by atoms with Gasteiger partial charge in [-0.05, 0) is 25.3 Å². The molecule has 8 heteroatoms. The van der Waals surface area contributed by atoms with Gasteiger partial charge in [0.05, 0.1) is 13.2 Å². The van der Waals surface area contributed by atoms with Crippen LogP contribution in [-0.2, 0) is 14.9 Å². The average Bonchev–Trinajstić information content (AvgIpc) is 2.48. The van der Waals surface area contributed by atoms with Gasteiger partial charge in [0.15, 0.2) is 0 Å². The lowest BCUT2D eigenvalue weighted by atomic mass is 10.0. The Balaban J connectivity index is 1.75. The van der Waals surface area contributed by atoms with E-state index in [9.17, 15) is 8.42 Å². The summed E-state index contributed by atoms with van der Waals surface area (Å²) < 4.78 is 33.9. The van der Waals surface area contributed by atoms with Crippen LogP contribution in [0.15, 0.2) is 0 Å². The third-order valence-corrected chi connectivity index (χ3v) is 5.55. The molecule has 0 aromatic rings. The Morgan fingerprint density at radius 2 is 2.00 bits per heavy atom. The molecule has 0 radical (unpaired) electrons. The van der Waals surface area contributed by atoms with Gasteiger partial charge in [-0.2, -0.15) is 12.7 Å². The molecule has 1 atom stereocenters. The van der Waals surface area contributed by atoms with Crippen molar-refractivity contribution in [1.29, 1.82) is 0 Å². The summed E-state index contributed by atoms with van der Waals surface area (Å²) in [6.07, 6.45) is 1.92. The lowest BCUT2D eigenvalue weighted by molar-refractivity contribution is 0.0390. The van der Waals surface area contributed by atoms with Crippen LogP contribution in [0.25, 0.3) is 0 Å². The molecule has 0 spiro atoms. The lowest BCUT2D eigenvalue weighted by Crippen LogP contribution is -2.49. The van der Waals surface area contributed by atoms with Crippen LogP contribution in [0.1, 0.15) is 12.8 Å². The number of ether oxygens (including phenoxy) is 1. The van der Waals surface area contributed by atoms with Crippen molar-refractivity contribution in [3.8, 4) is 0 Å². The molecule has 2 aliphatic heterocycles. The van der Waals surface area contributed by atoms with E-state index < -0.39 is 10.2 Å². The van der Waals surface area contributed by atoms with Crippen molar-refractivity contribution in [3.63, 3.8) is 0 Å². The largest absolute Gasteiger partial charge is 0.379 e. The molecule has 2 saturated heterocycles. The second kappa shape index (κ2) is 7.67. The molecule has 0 aliphatic carbocycles. The Kier molecular flexibility index (Phi) is 6.19. The van der Waals surface area contributed by atoms with Gasteiger partial charge in [-0.25, -0.2) is 4.72 Å². The SMILES string of the molecule is NCC1CCCN(S(=O)(=O)NCCN2CCOCC2)C1. The summed E-state index contributed by atoms with van der Waals surface area (Å²) in [4.78, 5) is 2.21. The number of nitrogens with two attached hydrogens (primary N) is 1. The molecule has 2 heterocycles. The molecule has 0 saturated carbocycles. The van der Waals surface area contributed by atoms with Gasteiger partial charge in [0.2, 0.25) is 0 Å². The summed E-state index contributed by atoms with van der Waals surface area (Å²) in [6, 6.07) is 0. The molecule has 3 N–H and O–H groups in total. The van der Waals surface area contributed by atoms with Gasteiger partial charge < -0.3 is 10.5 Å². The summed E-state index contributed by atoms with van der Waals surface area (Å²) in [7, 11) is -3.36. The van der Waals surface area contributed by atoms with Crippen LogP contribution in [0, 0.1) is 5.92 Å². The first-order chi connectivity index (χ1) is 9.62. The average molecular weight is 306 g/mol. The summed E-state index contributed by atoms with van der Waals surface area (Å²) in [5.74, 6) is 0.291. The molecule has 118 valence electrons. The molecule has 2 fully saturated rings. The van der Waals surface area contributed by atoms with Crippen LogP contribution in [0.5, 0.6) is 0 Å². The first-order valence-electron chi connectivity index (χ1n) is 7.37. The summed E-state index contributed by atoms with van der Waals surface area (Å²) in [5, 5.41) is 0. The highest BCUT2D eigenvalue weighted by atomic mass is 32.2. The fourth-order valence-electron chi connectivity index (χ4n) is 2.69. The maximum atomic E-state index is 12.2. The van der Waals surface area contributed by atoms with Gasteiger partial charge in [-0.15, -0.1) is 0 Å². The lowest BCUT2D eigenvalue weighted by Gasteiger charge is -2.32. The van der Waals surface area contributed by atoms with E-state index in [1.54, 1.807) is 0 Å². The predicted octanol–water partition coefficient (Wildman–Crippen LogP) is -1.18. The van der Waals surface area contributed by atoms with Crippen LogP contribution in [0.3, 0.4) is 0 Å². The fraction of sp³-hybridized carbons (Fsp3) is 1.00. The standard InChI is InChI=1S/C12H26N4O3S/c13-10-12-2-1-4-16(11-12)20(17,18)14-3-5-15-6-8-19-9-7-15/h12,14H,1-11,13H2. The number of nitrogens with one attached hydrogen (secondary N) is 1. The van der Waals surface area contributed by atoms with Crippen molar-refractivity contribution >= 4 is 10.2 Å². The van der Waals surface area contributed by atoms with Crippen molar-refractivity contribution in [3.05, 3.63) is 0 Å². The zero-order valence-corrected chi connectivity index (χ0v) is 12.8. The Bertz CT molecular complexity index is 384. The third kappa shape index (κ3) is 4.64. The molecule has 0 aromatic carbocycles. The van der Waals surface area contributed by atoms with Crippen LogP contribution in [-0.4, -0.2) is 76.6 Å². The number of hydrogen-bond acceptors (Lipinski definition) is 5. The summed E-state index contributed by atoms with van der Waals surface area (Å²) in [5.41, 5.74) is 5.65. The molecule has 1 unspecified atom stereocenters. The van der Waals surface area contributed by atoms with E-state index in [1.165, 1.54) is 4.31 Å². The maximum Gasteiger partial charge on any atom is 0.279 e. The van der Waals surface area contributed by atoms with Gasteiger partial charge in [-0.3, -0.25) is 4.90 Å². The Hall–Kier alpha value is -0.250. The molecular formula is C12H26N4O3S. The molecule has 2 rings (SSSR count). The quantitative estimate of drug-likeness (QED) is 0.645. The minimum atomic E-state index is -3.36. The molecular weight excluding hydrogens is 280 g/mol. The maximum absolute atomic E-state index is 12.2. The van der Waals surface area contributed by atoms with Gasteiger partial charge in [0.25, 0.3) is 10.2 Å². The van der Waals surface area contributed by atoms with Crippen LogP contribution in [0.4, 0.5) is 0 Å². The van der Waals surface area contributed by atoms with Gasteiger partial charge in [0.1, 0.15) is 0 Å². The van der Waals surface area contributed by atoms with E-state index >= 15 is 0 Å². The fourth-order valence-corrected chi connectivity index (χ4v) is 3.99. The minimum Gasteiger partial charge on any atom is -0.379 e. The third-order valence-electron chi connectivity index (χ3n) is 3.97. The van der Waals surface area contributed by atoms with Crippen molar-refractivity contribution in [2.24, 2.45) is 11.7 Å². The minimum absolute atomic E-state index is 0.291. The molecule has 0 amide bonds. The highest BCUT2D eigenvalue weighted by molar-refractivity contribution is 7.87. The van der Waals surface area contributed by atoms with Crippen LogP contribution >= 0.6 is 0 Å². The van der Waals surface area contributed by atoms with Gasteiger partial charge >= 0.3 is 0 Å². The molecule has 7 nitrogen and oxygen atoms in total. The highest BCUT2D eigenvalue weighted by Gasteiger charge is 2.27. The van der Waals surface area contributed by atoms with Crippen molar-refractivity contribution in [1.82, 2.24) is 13.9 Å². The van der Waals surface area contributed by atoms with Crippen LogP contribution in [0.2, 0.25) is 0 Å². The monoisotopic (exact) mass is 306 g/mol. The van der Waals surface area contributed by atoms with E-state index in [4.69, 9.17) is 10.5 Å². The van der Waals surface area contributed by atoms with E-state index in [0.29, 0.717) is 32.1 Å². The van der Waals surface area contributed by atoms with Crippen molar-refractivity contribution in [2.45, 2.75) is 12.8 Å². The zero-order chi connectivity index (χ0) is 14.4. The van der Waals surface area contributed by atoms with E-state index in [1.807, 2.05) is 0 Å². The van der Waals surface area contributed by atoms with E-state index in [0.717, 1.165) is 45.7 Å². The second-order valence-corrected chi connectivity index (χ2v) is 7.21. The highest BCUT2D eigenvalue weighted by Crippen LogP contribution is 2.17. The summed E-state index contributed by atoms with van der Waals surface area (Å²) >= 11 is 0. The molecule has 0 bridgehead atoms. The number of nitrogens with zero attached hydrogens (tertiary/aromatic N) is 2. The first kappa shape index (κ1) is 16.1. The molecule has 0 aromatic heterocycles. The summed E-state index contributed by atoms with van der Waals surface area (Å²) in [6.45, 7) is 6.10. The number of piperidine rings is 1. The number of hydrogen-bond donors (Lipinski definition) is 2. The van der Waals surface area contributed by atoms with Gasteiger partial charge in [-0.1, -0.05) is 0 Å². The normalized spacial score (nSPS) is 26.8. The Labute approximate surface area is 121 Å². The second-order valence-electron chi connectivity index (χ2n) is 5.46. The number of rotatable bonds is 6. The number of morpholine rings is 1. The first-order valence-corrected chi connectivity index (χ1v) is 8.81. The van der Waals surface area contributed by atoms with Crippen LogP contribution < -0.4 is 10.5 Å². The topological polar surface area (TPSA) is 87.9 Å². The molecule has 20 heavy (non-hydrogen) atoms. The Morgan fingerprint density at radius 1 is 1.25 bits per heavy atom. The smallest absolute Gasteiger partial charge is 0.279 e. The van der Waals surface area contributed by atoms with Crippen molar-refractivity contribution < 1.29 is 13.2 Å². The predicted molar refractivity (Wildman–Crippen MR) is 77.5 cm³/mol. The van der Waals surface area contributed by atoms with Gasteiger partial charge in [0, 0.05) is 39.3 Å². The molecule has 2 aliphatic rings. The van der Waals surface area contributed by atoms with E-state index in [-0.39, 0.29) is 0 Å². The zero-order valence-electron chi connectivity index (χ0n) is 12.0. The van der Waals surface area contributed by atoms with E-state index in [2.05, 4.69) is 9.62 Å². The Morgan fingerprint density at radius 3 is 2.70 bits per heavy atom.